The minimum atomic E-state index is -0.559. The first-order valence-electron chi connectivity index (χ1n) is 9.21. The van der Waals surface area contributed by atoms with E-state index in [0.717, 1.165) is 43.0 Å². The Morgan fingerprint density at radius 3 is 2.79 bits per heavy atom. The zero-order valence-electron chi connectivity index (χ0n) is 15.2. The molecule has 0 spiro atoms. The zero-order chi connectivity index (χ0) is 19.5. The molecule has 1 aliphatic rings. The molecule has 2 aromatic carbocycles. The van der Waals surface area contributed by atoms with Crippen LogP contribution in [0.15, 0.2) is 48.5 Å². The summed E-state index contributed by atoms with van der Waals surface area (Å²) < 4.78 is 2.13. The van der Waals surface area contributed by atoms with Gasteiger partial charge < -0.3 is 9.88 Å². The van der Waals surface area contributed by atoms with E-state index in [9.17, 15) is 14.9 Å². The van der Waals surface area contributed by atoms with E-state index in [-0.39, 0.29) is 11.3 Å². The Hall–Kier alpha value is -3.55. The quantitative estimate of drug-likeness (QED) is 0.550. The van der Waals surface area contributed by atoms with Gasteiger partial charge in [0.15, 0.2) is 5.82 Å². The smallest absolute Gasteiger partial charge is 0.282 e. The molecular formula is C20H19N5O3. The summed E-state index contributed by atoms with van der Waals surface area (Å²) in [5.74, 6) is 1.24. The van der Waals surface area contributed by atoms with E-state index in [4.69, 9.17) is 0 Å². The highest BCUT2D eigenvalue weighted by Gasteiger charge is 2.20. The largest absolute Gasteiger partial charge is 0.322 e. The second-order valence-electron chi connectivity index (χ2n) is 6.71. The summed E-state index contributed by atoms with van der Waals surface area (Å²) in [6, 6.07) is 13.2. The lowest BCUT2D eigenvalue weighted by Crippen LogP contribution is -2.14. The summed E-state index contributed by atoms with van der Waals surface area (Å²) >= 11 is 0. The Balaban J connectivity index is 1.61. The number of carbonyl (C=O) groups excluding carboxylic acids is 1. The fourth-order valence-electron chi connectivity index (χ4n) is 3.46. The summed E-state index contributed by atoms with van der Waals surface area (Å²) in [6.07, 6.45) is 4.30. The van der Waals surface area contributed by atoms with Gasteiger partial charge in [-0.15, -0.1) is 10.2 Å². The highest BCUT2D eigenvalue weighted by Crippen LogP contribution is 2.26. The average Bonchev–Trinajstić information content (AvgIpc) is 2.96. The van der Waals surface area contributed by atoms with E-state index < -0.39 is 10.8 Å². The number of hydrogen-bond acceptors (Lipinski definition) is 5. The molecule has 1 aromatic heterocycles. The van der Waals surface area contributed by atoms with Crippen LogP contribution in [0.25, 0.3) is 11.4 Å². The number of aryl methyl sites for hydroxylation is 1. The summed E-state index contributed by atoms with van der Waals surface area (Å²) in [5.41, 5.74) is 1.20. The van der Waals surface area contributed by atoms with Gasteiger partial charge in [0.2, 0.25) is 0 Å². The lowest BCUT2D eigenvalue weighted by molar-refractivity contribution is -0.385. The molecule has 2 heterocycles. The maximum atomic E-state index is 12.6. The molecule has 8 nitrogen and oxygen atoms in total. The van der Waals surface area contributed by atoms with Gasteiger partial charge in [0.05, 0.1) is 4.92 Å². The van der Waals surface area contributed by atoms with E-state index in [0.29, 0.717) is 5.69 Å². The van der Waals surface area contributed by atoms with Crippen LogP contribution in [0.5, 0.6) is 0 Å². The van der Waals surface area contributed by atoms with Gasteiger partial charge in [0, 0.05) is 30.3 Å². The van der Waals surface area contributed by atoms with E-state index in [2.05, 4.69) is 20.1 Å². The molecule has 0 saturated carbocycles. The molecule has 28 heavy (non-hydrogen) atoms. The van der Waals surface area contributed by atoms with Crippen LogP contribution in [0.4, 0.5) is 11.4 Å². The first-order valence-corrected chi connectivity index (χ1v) is 9.21. The number of fused-ring (bicyclic) bond motifs is 1. The third-order valence-corrected chi connectivity index (χ3v) is 4.83. The number of para-hydroxylation sites is 1. The number of nitrogens with zero attached hydrogens (tertiary/aromatic N) is 4. The lowest BCUT2D eigenvalue weighted by atomic mass is 10.1. The second-order valence-corrected chi connectivity index (χ2v) is 6.71. The normalized spacial score (nSPS) is 13.4. The Morgan fingerprint density at radius 1 is 1.07 bits per heavy atom. The molecule has 142 valence electrons. The van der Waals surface area contributed by atoms with Crippen molar-refractivity contribution in [1.82, 2.24) is 14.8 Å². The zero-order valence-corrected chi connectivity index (χ0v) is 15.2. The Labute approximate surface area is 161 Å². The number of anilines is 1. The number of nitrogens with one attached hydrogen (secondary N) is 1. The number of nitro groups is 1. The third-order valence-electron chi connectivity index (χ3n) is 4.83. The van der Waals surface area contributed by atoms with Crippen molar-refractivity contribution in [2.75, 3.05) is 5.32 Å². The van der Waals surface area contributed by atoms with Crippen molar-refractivity contribution in [3.8, 4) is 11.4 Å². The van der Waals surface area contributed by atoms with Crippen LogP contribution < -0.4 is 5.32 Å². The van der Waals surface area contributed by atoms with Crippen LogP contribution >= 0.6 is 0 Å². The molecule has 1 amide bonds. The van der Waals surface area contributed by atoms with E-state index >= 15 is 0 Å². The predicted molar refractivity (Wildman–Crippen MR) is 104 cm³/mol. The first kappa shape index (κ1) is 17.8. The molecular weight excluding hydrogens is 358 g/mol. The minimum absolute atomic E-state index is 0.0225. The van der Waals surface area contributed by atoms with E-state index in [1.54, 1.807) is 12.1 Å². The molecule has 1 aliphatic heterocycles. The number of nitro benzene ring substituents is 1. The number of benzene rings is 2. The molecule has 0 aliphatic carbocycles. The number of rotatable bonds is 4. The van der Waals surface area contributed by atoms with Gasteiger partial charge in [-0.05, 0) is 31.0 Å². The van der Waals surface area contributed by atoms with Crippen LogP contribution in [0.3, 0.4) is 0 Å². The molecule has 8 heteroatoms. The summed E-state index contributed by atoms with van der Waals surface area (Å²) in [6.45, 7) is 0.879. The van der Waals surface area contributed by atoms with Crippen LogP contribution in [0, 0.1) is 10.1 Å². The summed E-state index contributed by atoms with van der Waals surface area (Å²) in [5, 5.41) is 22.6. The van der Waals surface area contributed by atoms with Gasteiger partial charge in [-0.3, -0.25) is 14.9 Å². The van der Waals surface area contributed by atoms with Gasteiger partial charge in [-0.2, -0.15) is 0 Å². The van der Waals surface area contributed by atoms with Crippen molar-refractivity contribution < 1.29 is 9.72 Å². The highest BCUT2D eigenvalue weighted by molar-refractivity contribution is 6.07. The molecule has 0 radical (unpaired) electrons. The van der Waals surface area contributed by atoms with Crippen molar-refractivity contribution in [1.29, 1.82) is 0 Å². The van der Waals surface area contributed by atoms with Gasteiger partial charge in [0.1, 0.15) is 11.4 Å². The minimum Gasteiger partial charge on any atom is -0.322 e. The second kappa shape index (κ2) is 7.59. The van der Waals surface area contributed by atoms with Crippen LogP contribution in [-0.2, 0) is 13.0 Å². The molecule has 0 atom stereocenters. The predicted octanol–water partition coefficient (Wildman–Crippen LogP) is 3.83. The van der Waals surface area contributed by atoms with Gasteiger partial charge in [-0.25, -0.2) is 0 Å². The standard InChI is InChI=1S/C20H19N5O3/c26-20(16-9-3-4-10-17(16)25(27)28)21-15-8-6-7-14(13-15)19-23-22-18-11-2-1-5-12-24(18)19/h3-4,6-10,13H,1-2,5,11-12H2,(H,21,26). The molecule has 1 N–H and O–H groups in total. The lowest BCUT2D eigenvalue weighted by Gasteiger charge is -2.09. The highest BCUT2D eigenvalue weighted by atomic mass is 16.6. The van der Waals surface area contributed by atoms with Crippen LogP contribution in [0.1, 0.15) is 35.4 Å². The van der Waals surface area contributed by atoms with Crippen molar-refractivity contribution in [2.45, 2.75) is 32.2 Å². The fraction of sp³-hybridized carbons (Fsp3) is 0.250. The molecule has 4 rings (SSSR count). The number of amides is 1. The average molecular weight is 377 g/mol. The molecule has 0 fully saturated rings. The summed E-state index contributed by atoms with van der Waals surface area (Å²) in [7, 11) is 0. The number of aromatic nitrogens is 3. The fourth-order valence-corrected chi connectivity index (χ4v) is 3.46. The summed E-state index contributed by atoms with van der Waals surface area (Å²) in [4.78, 5) is 23.2. The van der Waals surface area contributed by atoms with E-state index in [1.807, 2.05) is 18.2 Å². The molecule has 0 bridgehead atoms. The first-order chi connectivity index (χ1) is 13.6. The van der Waals surface area contributed by atoms with Gasteiger partial charge >= 0.3 is 0 Å². The van der Waals surface area contributed by atoms with Crippen LogP contribution in [-0.4, -0.2) is 25.6 Å². The van der Waals surface area contributed by atoms with Crippen LogP contribution in [0.2, 0.25) is 0 Å². The molecule has 0 saturated heterocycles. The van der Waals surface area contributed by atoms with E-state index in [1.165, 1.54) is 24.6 Å². The van der Waals surface area contributed by atoms with Gasteiger partial charge in [0.25, 0.3) is 11.6 Å². The Morgan fingerprint density at radius 2 is 1.93 bits per heavy atom. The van der Waals surface area contributed by atoms with Crippen molar-refractivity contribution in [3.05, 3.63) is 70.0 Å². The van der Waals surface area contributed by atoms with Crippen molar-refractivity contribution in [2.24, 2.45) is 0 Å². The Bertz CT molecular complexity index is 1040. The Kier molecular flexibility index (Phi) is 4.84. The van der Waals surface area contributed by atoms with Crippen molar-refractivity contribution >= 4 is 17.3 Å². The van der Waals surface area contributed by atoms with Gasteiger partial charge in [-0.1, -0.05) is 30.7 Å². The number of hydrogen-bond donors (Lipinski definition) is 1. The number of carbonyl (C=O) groups is 1. The maximum Gasteiger partial charge on any atom is 0.282 e. The maximum absolute atomic E-state index is 12.6. The molecule has 3 aromatic rings. The monoisotopic (exact) mass is 377 g/mol. The SMILES string of the molecule is O=C(Nc1cccc(-c2nnc3n2CCCCC3)c1)c1ccccc1[N+](=O)[O-]. The topological polar surface area (TPSA) is 103 Å². The third kappa shape index (κ3) is 3.48. The molecule has 0 unspecified atom stereocenters. The van der Waals surface area contributed by atoms with Crippen molar-refractivity contribution in [3.63, 3.8) is 0 Å².